The molecule has 0 amide bonds. The molecule has 0 bridgehead atoms. The van der Waals surface area contributed by atoms with Gasteiger partial charge in [-0.2, -0.15) is 4.31 Å². The number of carbonyl (C=O) groups excluding carboxylic acids is 2. The standard InChI is InChI=1S/C13H15NO5S/c1-19-13(16)11-9-14(8-7-12(11)15)20(17,18)10-5-3-2-4-6-10/h2-6,11H,7-9H2,1H3. The Balaban J connectivity index is 2.26. The number of ketones is 1. The summed E-state index contributed by atoms with van der Waals surface area (Å²) in [6, 6.07) is 7.94. The van der Waals surface area contributed by atoms with Gasteiger partial charge >= 0.3 is 5.97 Å². The highest BCUT2D eigenvalue weighted by Gasteiger charge is 2.38. The molecule has 0 aliphatic carbocycles. The first-order chi connectivity index (χ1) is 9.46. The minimum Gasteiger partial charge on any atom is -0.468 e. The van der Waals surface area contributed by atoms with Crippen molar-refractivity contribution in [1.29, 1.82) is 0 Å². The van der Waals surface area contributed by atoms with Gasteiger partial charge in [0.15, 0.2) is 0 Å². The number of rotatable bonds is 3. The van der Waals surface area contributed by atoms with Gasteiger partial charge in [0, 0.05) is 19.5 Å². The molecule has 0 saturated carbocycles. The SMILES string of the molecule is COC(=O)C1CN(S(=O)(=O)c2ccccc2)CCC1=O. The van der Waals surface area contributed by atoms with E-state index < -0.39 is 21.9 Å². The van der Waals surface area contributed by atoms with E-state index in [0.717, 1.165) is 4.31 Å². The normalized spacial score (nSPS) is 20.6. The number of nitrogens with zero attached hydrogens (tertiary/aromatic N) is 1. The highest BCUT2D eigenvalue weighted by molar-refractivity contribution is 7.89. The molecule has 0 spiro atoms. The van der Waals surface area contributed by atoms with Crippen LogP contribution in [0, 0.1) is 5.92 Å². The third-order valence-corrected chi connectivity index (χ3v) is 5.13. The average Bonchev–Trinajstić information content (AvgIpc) is 2.47. The summed E-state index contributed by atoms with van der Waals surface area (Å²) < 4.78 is 30.5. The van der Waals surface area contributed by atoms with Gasteiger partial charge in [-0.25, -0.2) is 8.42 Å². The monoisotopic (exact) mass is 297 g/mol. The minimum atomic E-state index is -3.69. The lowest BCUT2D eigenvalue weighted by molar-refractivity contribution is -0.150. The second-order valence-corrected chi connectivity index (χ2v) is 6.41. The van der Waals surface area contributed by atoms with Gasteiger partial charge in [0.25, 0.3) is 0 Å². The number of carbonyl (C=O) groups is 2. The molecule has 6 nitrogen and oxygen atoms in total. The molecule has 1 saturated heterocycles. The number of sulfonamides is 1. The maximum absolute atomic E-state index is 12.4. The van der Waals surface area contributed by atoms with Gasteiger partial charge in [-0.3, -0.25) is 9.59 Å². The van der Waals surface area contributed by atoms with Crippen molar-refractivity contribution in [2.45, 2.75) is 11.3 Å². The van der Waals surface area contributed by atoms with E-state index in [1.807, 2.05) is 0 Å². The van der Waals surface area contributed by atoms with E-state index in [0.29, 0.717) is 0 Å². The molecule has 20 heavy (non-hydrogen) atoms. The molecule has 1 aliphatic rings. The molecule has 1 heterocycles. The minimum absolute atomic E-state index is 0.0197. The first kappa shape index (κ1) is 14.7. The molecule has 1 aromatic rings. The van der Waals surface area contributed by atoms with Crippen molar-refractivity contribution in [1.82, 2.24) is 4.31 Å². The lowest BCUT2D eigenvalue weighted by Crippen LogP contribution is -2.47. The van der Waals surface area contributed by atoms with Gasteiger partial charge in [0.1, 0.15) is 11.7 Å². The summed E-state index contributed by atoms with van der Waals surface area (Å²) >= 11 is 0. The highest BCUT2D eigenvalue weighted by atomic mass is 32.2. The fraction of sp³-hybridized carbons (Fsp3) is 0.385. The van der Waals surface area contributed by atoms with Gasteiger partial charge in [-0.15, -0.1) is 0 Å². The Morgan fingerprint density at radius 3 is 2.55 bits per heavy atom. The van der Waals surface area contributed by atoms with Crippen molar-refractivity contribution in [2.24, 2.45) is 5.92 Å². The van der Waals surface area contributed by atoms with Gasteiger partial charge < -0.3 is 4.74 Å². The van der Waals surface area contributed by atoms with Crippen LogP contribution in [0.1, 0.15) is 6.42 Å². The van der Waals surface area contributed by atoms with E-state index in [2.05, 4.69) is 4.74 Å². The van der Waals surface area contributed by atoms with Crippen molar-refractivity contribution in [3.63, 3.8) is 0 Å². The summed E-state index contributed by atoms with van der Waals surface area (Å²) in [4.78, 5) is 23.4. The molecule has 1 aromatic carbocycles. The van der Waals surface area contributed by atoms with E-state index in [1.165, 1.54) is 19.2 Å². The molecule has 1 atom stereocenters. The number of ether oxygens (including phenoxy) is 1. The lowest BCUT2D eigenvalue weighted by Gasteiger charge is -2.29. The van der Waals surface area contributed by atoms with Crippen molar-refractivity contribution in [3.8, 4) is 0 Å². The van der Waals surface area contributed by atoms with E-state index in [-0.39, 0.29) is 30.2 Å². The molecule has 1 unspecified atom stereocenters. The van der Waals surface area contributed by atoms with Crippen molar-refractivity contribution < 1.29 is 22.7 Å². The maximum Gasteiger partial charge on any atom is 0.317 e. The summed E-state index contributed by atoms with van der Waals surface area (Å²) in [6.45, 7) is -0.0771. The molecule has 0 aromatic heterocycles. The molecule has 0 N–H and O–H groups in total. The number of piperidine rings is 1. The number of Topliss-reactive ketones (excluding diaryl/α,β-unsaturated/α-hetero) is 1. The van der Waals surface area contributed by atoms with Gasteiger partial charge in [-0.1, -0.05) is 18.2 Å². The van der Waals surface area contributed by atoms with Crippen molar-refractivity contribution in [2.75, 3.05) is 20.2 Å². The molecular weight excluding hydrogens is 282 g/mol. The molecule has 108 valence electrons. The summed E-state index contributed by atoms with van der Waals surface area (Å²) in [6.07, 6.45) is 0.0197. The van der Waals surface area contributed by atoms with Crippen LogP contribution in [-0.2, 0) is 24.3 Å². The zero-order valence-electron chi connectivity index (χ0n) is 11.0. The molecular formula is C13H15NO5S. The first-order valence-electron chi connectivity index (χ1n) is 6.12. The summed E-state index contributed by atoms with van der Waals surface area (Å²) in [5, 5.41) is 0. The first-order valence-corrected chi connectivity index (χ1v) is 7.56. The average molecular weight is 297 g/mol. The van der Waals surface area contributed by atoms with Gasteiger partial charge in [0.05, 0.1) is 12.0 Å². The Kier molecular flexibility index (Phi) is 4.20. The van der Waals surface area contributed by atoms with Crippen LogP contribution in [0.15, 0.2) is 35.2 Å². The molecule has 1 fully saturated rings. The van der Waals surface area contributed by atoms with Crippen LogP contribution in [0.2, 0.25) is 0 Å². The highest BCUT2D eigenvalue weighted by Crippen LogP contribution is 2.22. The Hall–Kier alpha value is -1.73. The van der Waals surface area contributed by atoms with Gasteiger partial charge in [-0.05, 0) is 12.1 Å². The summed E-state index contributed by atoms with van der Waals surface area (Å²) in [5.74, 6) is -2.01. The largest absolute Gasteiger partial charge is 0.468 e. The quantitative estimate of drug-likeness (QED) is 0.597. The molecule has 2 rings (SSSR count). The topological polar surface area (TPSA) is 80.8 Å². The summed E-state index contributed by atoms with van der Waals surface area (Å²) in [5.41, 5.74) is 0. The van der Waals surface area contributed by atoms with Crippen LogP contribution in [0.5, 0.6) is 0 Å². The van der Waals surface area contributed by atoms with Crippen LogP contribution < -0.4 is 0 Å². The lowest BCUT2D eigenvalue weighted by atomic mass is 9.98. The molecule has 0 radical (unpaired) electrons. The number of methoxy groups -OCH3 is 1. The number of benzene rings is 1. The molecule has 1 aliphatic heterocycles. The fourth-order valence-electron chi connectivity index (χ4n) is 2.11. The van der Waals surface area contributed by atoms with Crippen molar-refractivity contribution >= 4 is 21.8 Å². The zero-order chi connectivity index (χ0) is 14.8. The third-order valence-electron chi connectivity index (χ3n) is 3.25. The molecule has 7 heteroatoms. The van der Waals surface area contributed by atoms with Crippen LogP contribution >= 0.6 is 0 Å². The second kappa shape index (κ2) is 5.72. The van der Waals surface area contributed by atoms with Crippen molar-refractivity contribution in [3.05, 3.63) is 30.3 Å². The Bertz CT molecular complexity index is 603. The van der Waals surface area contributed by atoms with E-state index >= 15 is 0 Å². The smallest absolute Gasteiger partial charge is 0.317 e. The van der Waals surface area contributed by atoms with E-state index in [4.69, 9.17) is 0 Å². The number of hydrogen-bond acceptors (Lipinski definition) is 5. The van der Waals surface area contributed by atoms with E-state index in [9.17, 15) is 18.0 Å². The van der Waals surface area contributed by atoms with Gasteiger partial charge in [0.2, 0.25) is 10.0 Å². The summed E-state index contributed by atoms with van der Waals surface area (Å²) in [7, 11) is -2.51. The second-order valence-electron chi connectivity index (χ2n) is 4.47. The number of hydrogen-bond donors (Lipinski definition) is 0. The number of esters is 1. The predicted molar refractivity (Wildman–Crippen MR) is 70.3 cm³/mol. The van der Waals surface area contributed by atoms with Crippen LogP contribution in [0.4, 0.5) is 0 Å². The van der Waals surface area contributed by atoms with Crippen LogP contribution in [0.25, 0.3) is 0 Å². The van der Waals surface area contributed by atoms with Crippen LogP contribution in [-0.4, -0.2) is 44.7 Å². The fourth-order valence-corrected chi connectivity index (χ4v) is 3.59. The Morgan fingerprint density at radius 2 is 1.95 bits per heavy atom. The third kappa shape index (κ3) is 2.73. The Labute approximate surface area is 117 Å². The van der Waals surface area contributed by atoms with E-state index in [1.54, 1.807) is 18.2 Å². The Morgan fingerprint density at radius 1 is 1.30 bits per heavy atom. The van der Waals surface area contributed by atoms with Crippen LogP contribution in [0.3, 0.4) is 0 Å². The maximum atomic E-state index is 12.4. The zero-order valence-corrected chi connectivity index (χ0v) is 11.8. The predicted octanol–water partition coefficient (Wildman–Crippen LogP) is 0.439.